The van der Waals surface area contributed by atoms with Gasteiger partial charge in [-0.15, -0.1) is 0 Å². The molecule has 0 amide bonds. The summed E-state index contributed by atoms with van der Waals surface area (Å²) in [6.07, 6.45) is 5.38. The smallest absolute Gasteiger partial charge is 0.0642 e. The summed E-state index contributed by atoms with van der Waals surface area (Å²) in [6, 6.07) is 6.23. The van der Waals surface area contributed by atoms with Gasteiger partial charge in [-0.2, -0.15) is 0 Å². The highest BCUT2D eigenvalue weighted by Gasteiger charge is 2.24. The van der Waals surface area contributed by atoms with Crippen molar-refractivity contribution in [2.75, 3.05) is 37.6 Å². The van der Waals surface area contributed by atoms with Crippen LogP contribution in [0.15, 0.2) is 18.2 Å². The molecular formula is C17H24BrClN2. The third kappa shape index (κ3) is 3.75. The molecule has 0 aliphatic carbocycles. The molecule has 116 valence electrons. The fourth-order valence-corrected chi connectivity index (χ4v) is 4.46. The van der Waals surface area contributed by atoms with Crippen molar-refractivity contribution in [3.05, 3.63) is 28.8 Å². The van der Waals surface area contributed by atoms with E-state index in [4.69, 9.17) is 11.6 Å². The zero-order valence-corrected chi connectivity index (χ0v) is 14.9. The maximum atomic E-state index is 6.44. The van der Waals surface area contributed by atoms with Crippen LogP contribution >= 0.6 is 27.5 Å². The Balaban J connectivity index is 1.60. The van der Waals surface area contributed by atoms with Gasteiger partial charge in [-0.1, -0.05) is 39.7 Å². The minimum atomic E-state index is 0.870. The number of nitrogens with zero attached hydrogens (tertiary/aromatic N) is 2. The summed E-state index contributed by atoms with van der Waals surface area (Å²) >= 11 is 10.0. The van der Waals surface area contributed by atoms with E-state index in [-0.39, 0.29) is 0 Å². The first-order valence-electron chi connectivity index (χ1n) is 8.08. The van der Waals surface area contributed by atoms with Crippen LogP contribution in [0.4, 0.5) is 5.69 Å². The average Bonchev–Trinajstić information content (AvgIpc) is 3.01. The third-order valence-electron chi connectivity index (χ3n) is 4.86. The van der Waals surface area contributed by atoms with E-state index in [0.717, 1.165) is 29.4 Å². The molecule has 2 aliphatic heterocycles. The number of anilines is 1. The quantitative estimate of drug-likeness (QED) is 0.717. The number of para-hydroxylation sites is 1. The molecule has 1 aromatic rings. The van der Waals surface area contributed by atoms with Gasteiger partial charge in [0.15, 0.2) is 0 Å². The molecule has 3 rings (SSSR count). The Morgan fingerprint density at radius 1 is 1.10 bits per heavy atom. The van der Waals surface area contributed by atoms with E-state index in [1.165, 1.54) is 56.6 Å². The van der Waals surface area contributed by atoms with Crippen LogP contribution < -0.4 is 4.90 Å². The van der Waals surface area contributed by atoms with Crippen LogP contribution in [0.5, 0.6) is 0 Å². The molecule has 2 nitrogen and oxygen atoms in total. The van der Waals surface area contributed by atoms with E-state index in [0.29, 0.717) is 0 Å². The molecule has 0 radical (unpaired) electrons. The van der Waals surface area contributed by atoms with Gasteiger partial charge in [0, 0.05) is 25.0 Å². The van der Waals surface area contributed by atoms with Crippen molar-refractivity contribution in [3.8, 4) is 0 Å². The van der Waals surface area contributed by atoms with Gasteiger partial charge in [0.2, 0.25) is 0 Å². The van der Waals surface area contributed by atoms with Gasteiger partial charge in [0.25, 0.3) is 0 Å². The topological polar surface area (TPSA) is 6.48 Å². The standard InChI is InChI=1S/C17H24BrClN2/c18-12-15-4-3-5-16(19)17(15)21-10-6-14(7-11-21)13-20-8-1-2-9-20/h3-5,14H,1-2,6-13H2. The number of hydrogen-bond acceptors (Lipinski definition) is 2. The van der Waals surface area contributed by atoms with E-state index in [9.17, 15) is 0 Å². The van der Waals surface area contributed by atoms with Gasteiger partial charge >= 0.3 is 0 Å². The monoisotopic (exact) mass is 370 g/mol. The summed E-state index contributed by atoms with van der Waals surface area (Å²) < 4.78 is 0. The SMILES string of the molecule is Clc1cccc(CBr)c1N1CCC(CN2CCCC2)CC1. The van der Waals surface area contributed by atoms with Crippen molar-refractivity contribution in [3.63, 3.8) is 0 Å². The lowest BCUT2D eigenvalue weighted by Crippen LogP contribution is -2.38. The van der Waals surface area contributed by atoms with Gasteiger partial charge in [0.05, 0.1) is 10.7 Å². The first kappa shape index (κ1) is 15.6. The van der Waals surface area contributed by atoms with Gasteiger partial charge in [0.1, 0.15) is 0 Å². The molecular weight excluding hydrogens is 348 g/mol. The fourth-order valence-electron chi connectivity index (χ4n) is 3.69. The zero-order valence-electron chi connectivity index (χ0n) is 12.5. The predicted octanol–water partition coefficient (Wildman–Crippen LogP) is 4.55. The van der Waals surface area contributed by atoms with Gasteiger partial charge in [-0.25, -0.2) is 0 Å². The maximum Gasteiger partial charge on any atom is 0.0642 e. The number of alkyl halides is 1. The normalized spacial score (nSPS) is 21.1. The number of benzene rings is 1. The molecule has 21 heavy (non-hydrogen) atoms. The maximum absolute atomic E-state index is 6.44. The van der Waals surface area contributed by atoms with E-state index in [1.807, 2.05) is 12.1 Å². The van der Waals surface area contributed by atoms with Crippen molar-refractivity contribution in [2.24, 2.45) is 5.92 Å². The number of rotatable bonds is 4. The molecule has 0 aromatic heterocycles. The summed E-state index contributed by atoms with van der Waals surface area (Å²) in [6.45, 7) is 6.23. The first-order valence-corrected chi connectivity index (χ1v) is 9.58. The van der Waals surface area contributed by atoms with Gasteiger partial charge in [-0.3, -0.25) is 0 Å². The molecule has 4 heteroatoms. The van der Waals surface area contributed by atoms with Crippen molar-refractivity contribution < 1.29 is 0 Å². The lowest BCUT2D eigenvalue weighted by Gasteiger charge is -2.36. The van der Waals surface area contributed by atoms with Crippen LogP contribution in [-0.4, -0.2) is 37.6 Å². The van der Waals surface area contributed by atoms with Crippen LogP contribution in [-0.2, 0) is 5.33 Å². The highest BCUT2D eigenvalue weighted by Crippen LogP contribution is 2.34. The highest BCUT2D eigenvalue weighted by atomic mass is 79.9. The van der Waals surface area contributed by atoms with Crippen LogP contribution in [0.3, 0.4) is 0 Å². The van der Waals surface area contributed by atoms with Gasteiger partial charge in [-0.05, 0) is 56.3 Å². The largest absolute Gasteiger partial charge is 0.370 e. The number of piperidine rings is 1. The number of hydrogen-bond donors (Lipinski definition) is 0. The molecule has 2 saturated heterocycles. The summed E-state index contributed by atoms with van der Waals surface area (Å²) in [5, 5.41) is 1.77. The van der Waals surface area contributed by atoms with Crippen molar-refractivity contribution in [1.29, 1.82) is 0 Å². The summed E-state index contributed by atoms with van der Waals surface area (Å²) in [5.41, 5.74) is 2.55. The van der Waals surface area contributed by atoms with Crippen LogP contribution in [0.25, 0.3) is 0 Å². The summed E-state index contributed by atoms with van der Waals surface area (Å²) in [5.74, 6) is 0.870. The second kappa shape index (κ2) is 7.34. The first-order chi connectivity index (χ1) is 10.3. The average molecular weight is 372 g/mol. The lowest BCUT2D eigenvalue weighted by atomic mass is 9.95. The Bertz CT molecular complexity index is 466. The van der Waals surface area contributed by atoms with Crippen LogP contribution in [0, 0.1) is 5.92 Å². The van der Waals surface area contributed by atoms with Crippen molar-refractivity contribution in [2.45, 2.75) is 31.0 Å². The molecule has 2 aliphatic rings. The van der Waals surface area contributed by atoms with E-state index < -0.39 is 0 Å². The minimum absolute atomic E-state index is 0.870. The molecule has 0 N–H and O–H groups in total. The second-order valence-electron chi connectivity index (χ2n) is 6.32. The summed E-state index contributed by atoms with van der Waals surface area (Å²) in [7, 11) is 0. The molecule has 0 unspecified atom stereocenters. The second-order valence-corrected chi connectivity index (χ2v) is 7.29. The number of halogens is 2. The Morgan fingerprint density at radius 3 is 2.48 bits per heavy atom. The molecule has 0 spiro atoms. The van der Waals surface area contributed by atoms with E-state index >= 15 is 0 Å². The Hall–Kier alpha value is -0.250. The molecule has 2 fully saturated rings. The highest BCUT2D eigenvalue weighted by molar-refractivity contribution is 9.08. The van der Waals surface area contributed by atoms with Gasteiger partial charge < -0.3 is 9.80 Å². The Kier molecular flexibility index (Phi) is 5.47. The summed E-state index contributed by atoms with van der Waals surface area (Å²) in [4.78, 5) is 5.14. The fraction of sp³-hybridized carbons (Fsp3) is 0.647. The third-order valence-corrected chi connectivity index (χ3v) is 5.77. The van der Waals surface area contributed by atoms with Crippen LogP contribution in [0.1, 0.15) is 31.2 Å². The molecule has 1 aromatic carbocycles. The predicted molar refractivity (Wildman–Crippen MR) is 94.7 cm³/mol. The molecule has 0 saturated carbocycles. The Morgan fingerprint density at radius 2 is 1.81 bits per heavy atom. The van der Waals surface area contributed by atoms with Crippen molar-refractivity contribution in [1.82, 2.24) is 4.90 Å². The molecule has 2 heterocycles. The van der Waals surface area contributed by atoms with E-state index in [1.54, 1.807) is 0 Å². The lowest BCUT2D eigenvalue weighted by molar-refractivity contribution is 0.249. The molecule has 0 atom stereocenters. The van der Waals surface area contributed by atoms with Crippen LogP contribution in [0.2, 0.25) is 5.02 Å². The Labute approximate surface area is 141 Å². The zero-order chi connectivity index (χ0) is 14.7. The molecule has 0 bridgehead atoms. The van der Waals surface area contributed by atoms with E-state index in [2.05, 4.69) is 31.8 Å². The number of likely N-dealkylation sites (tertiary alicyclic amines) is 1. The minimum Gasteiger partial charge on any atom is -0.370 e. The van der Waals surface area contributed by atoms with Crippen molar-refractivity contribution >= 4 is 33.2 Å².